The summed E-state index contributed by atoms with van der Waals surface area (Å²) in [4.78, 5) is 13.7. The van der Waals surface area contributed by atoms with E-state index >= 15 is 0 Å². The minimum absolute atomic E-state index is 0.156. The van der Waals surface area contributed by atoms with E-state index in [1.54, 1.807) is 4.90 Å². The summed E-state index contributed by atoms with van der Waals surface area (Å²) in [6.45, 7) is 3.36. The Morgan fingerprint density at radius 2 is 2.21 bits per heavy atom. The van der Waals surface area contributed by atoms with Gasteiger partial charge in [0.05, 0.1) is 6.54 Å². The lowest BCUT2D eigenvalue weighted by Crippen LogP contribution is -2.26. The van der Waals surface area contributed by atoms with Crippen molar-refractivity contribution in [1.29, 1.82) is 0 Å². The number of carbonyl (C=O) groups is 1. The van der Waals surface area contributed by atoms with Crippen LogP contribution in [0.5, 0.6) is 0 Å². The van der Waals surface area contributed by atoms with Crippen molar-refractivity contribution >= 4 is 21.8 Å². The van der Waals surface area contributed by atoms with Crippen LogP contribution in [-0.4, -0.2) is 24.4 Å². The second kappa shape index (κ2) is 8.38. The Balaban J connectivity index is 2.36. The minimum Gasteiger partial charge on any atom is -0.452 e. The number of hydrogen-bond donors (Lipinski definition) is 1. The molecule has 0 fully saturated rings. The zero-order chi connectivity index (χ0) is 14.3. The summed E-state index contributed by atoms with van der Waals surface area (Å²) < 4.78 is 6.09. The zero-order valence-corrected chi connectivity index (χ0v) is 13.3. The molecule has 0 aliphatic carbocycles. The summed E-state index contributed by atoms with van der Waals surface area (Å²) in [5, 5.41) is 0. The number of carbonyl (C=O) groups excluding carboxylic acids is 1. The smallest absolute Gasteiger partial charge is 0.222 e. The lowest BCUT2D eigenvalue weighted by atomic mass is 9.96. The van der Waals surface area contributed by atoms with Gasteiger partial charge in [-0.15, -0.1) is 0 Å². The van der Waals surface area contributed by atoms with Crippen molar-refractivity contribution in [2.24, 2.45) is 11.7 Å². The fraction of sp³-hybridized carbons (Fsp3) is 0.643. The largest absolute Gasteiger partial charge is 0.452 e. The Hall–Kier alpha value is -0.810. The first-order valence-corrected chi connectivity index (χ1v) is 7.54. The van der Waals surface area contributed by atoms with Crippen LogP contribution in [0.3, 0.4) is 0 Å². The maximum atomic E-state index is 12.0. The van der Waals surface area contributed by atoms with Gasteiger partial charge in [-0.25, -0.2) is 0 Å². The number of halogens is 1. The molecule has 0 aromatic carbocycles. The van der Waals surface area contributed by atoms with E-state index in [0.717, 1.165) is 25.0 Å². The Kier molecular flexibility index (Phi) is 7.16. The molecule has 1 atom stereocenters. The first kappa shape index (κ1) is 16.2. The summed E-state index contributed by atoms with van der Waals surface area (Å²) in [5.74, 6) is 1.50. The summed E-state index contributed by atoms with van der Waals surface area (Å²) in [5.41, 5.74) is 5.56. The van der Waals surface area contributed by atoms with Crippen LogP contribution in [0.1, 0.15) is 38.4 Å². The van der Waals surface area contributed by atoms with Crippen molar-refractivity contribution in [2.75, 3.05) is 13.6 Å². The summed E-state index contributed by atoms with van der Waals surface area (Å²) in [6, 6.07) is 3.71. The molecule has 0 bridgehead atoms. The highest BCUT2D eigenvalue weighted by atomic mass is 79.9. The molecule has 2 N–H and O–H groups in total. The first-order chi connectivity index (χ1) is 9.06. The molecule has 0 saturated carbocycles. The fourth-order valence-corrected chi connectivity index (χ4v) is 2.41. The highest BCUT2D eigenvalue weighted by Gasteiger charge is 2.14. The van der Waals surface area contributed by atoms with E-state index in [1.165, 1.54) is 0 Å². The molecule has 4 nitrogen and oxygen atoms in total. The van der Waals surface area contributed by atoms with Crippen molar-refractivity contribution in [3.8, 4) is 0 Å². The van der Waals surface area contributed by atoms with Crippen LogP contribution < -0.4 is 5.73 Å². The average Bonchev–Trinajstić information content (AvgIpc) is 2.79. The van der Waals surface area contributed by atoms with E-state index < -0.39 is 0 Å². The molecule has 19 heavy (non-hydrogen) atoms. The molecule has 5 heteroatoms. The lowest BCUT2D eigenvalue weighted by Gasteiger charge is -2.18. The van der Waals surface area contributed by atoms with Crippen molar-refractivity contribution < 1.29 is 9.21 Å². The van der Waals surface area contributed by atoms with Crippen LogP contribution in [0.4, 0.5) is 0 Å². The number of rotatable bonds is 8. The molecule has 0 saturated heterocycles. The molecule has 1 aromatic rings. The van der Waals surface area contributed by atoms with Crippen LogP contribution >= 0.6 is 15.9 Å². The number of furan rings is 1. The van der Waals surface area contributed by atoms with Gasteiger partial charge in [0.15, 0.2) is 4.67 Å². The Labute approximate surface area is 123 Å². The predicted octanol–water partition coefficient (Wildman–Crippen LogP) is 3.16. The van der Waals surface area contributed by atoms with Crippen LogP contribution in [0.15, 0.2) is 21.2 Å². The molecule has 0 aliphatic heterocycles. The zero-order valence-electron chi connectivity index (χ0n) is 11.7. The molecule has 1 unspecified atom stereocenters. The third-order valence-electron chi connectivity index (χ3n) is 3.37. The van der Waals surface area contributed by atoms with Crippen LogP contribution in [0.25, 0.3) is 0 Å². The summed E-state index contributed by atoms with van der Waals surface area (Å²) in [7, 11) is 1.81. The van der Waals surface area contributed by atoms with Gasteiger partial charge in [-0.2, -0.15) is 0 Å². The lowest BCUT2D eigenvalue weighted by molar-refractivity contribution is -0.131. The second-order valence-electron chi connectivity index (χ2n) is 4.85. The molecule has 0 radical (unpaired) electrons. The normalized spacial score (nSPS) is 12.4. The molecule has 0 spiro atoms. The molecule has 0 aliphatic rings. The van der Waals surface area contributed by atoms with Gasteiger partial charge in [0.1, 0.15) is 5.76 Å². The maximum absolute atomic E-state index is 12.0. The van der Waals surface area contributed by atoms with Gasteiger partial charge in [0.25, 0.3) is 0 Å². The van der Waals surface area contributed by atoms with Gasteiger partial charge in [-0.05, 0) is 53.4 Å². The third kappa shape index (κ3) is 5.78. The number of amides is 1. The average molecular weight is 331 g/mol. The van der Waals surface area contributed by atoms with E-state index in [-0.39, 0.29) is 5.91 Å². The molecule has 1 heterocycles. The quantitative estimate of drug-likeness (QED) is 0.796. The molecule has 108 valence electrons. The van der Waals surface area contributed by atoms with Gasteiger partial charge in [0.2, 0.25) is 5.91 Å². The van der Waals surface area contributed by atoms with Gasteiger partial charge < -0.3 is 15.1 Å². The maximum Gasteiger partial charge on any atom is 0.222 e. The Bertz CT molecular complexity index is 393. The Morgan fingerprint density at radius 1 is 1.47 bits per heavy atom. The van der Waals surface area contributed by atoms with Crippen LogP contribution in [0, 0.1) is 5.92 Å². The highest BCUT2D eigenvalue weighted by molar-refractivity contribution is 9.10. The van der Waals surface area contributed by atoms with Crippen molar-refractivity contribution in [3.05, 3.63) is 22.6 Å². The number of nitrogens with zero attached hydrogens (tertiary/aromatic N) is 1. The Morgan fingerprint density at radius 3 is 2.74 bits per heavy atom. The van der Waals surface area contributed by atoms with Gasteiger partial charge in [0, 0.05) is 13.5 Å². The number of nitrogens with two attached hydrogens (primary N) is 1. The standard InChI is InChI=1S/C14H23BrN2O2/c1-3-11(8-9-16)4-7-14(18)17(2)10-12-5-6-13(15)19-12/h5-6,11H,3-4,7-10,16H2,1-2H3. The monoisotopic (exact) mass is 330 g/mol. The van der Waals surface area contributed by atoms with Gasteiger partial charge >= 0.3 is 0 Å². The summed E-state index contributed by atoms with van der Waals surface area (Å²) >= 11 is 3.25. The van der Waals surface area contributed by atoms with Crippen LogP contribution in [-0.2, 0) is 11.3 Å². The van der Waals surface area contributed by atoms with E-state index in [4.69, 9.17) is 10.2 Å². The SMILES string of the molecule is CCC(CCN)CCC(=O)N(C)Cc1ccc(Br)o1. The molecule has 1 aromatic heterocycles. The molecular weight excluding hydrogens is 308 g/mol. The minimum atomic E-state index is 0.156. The highest BCUT2D eigenvalue weighted by Crippen LogP contribution is 2.18. The topological polar surface area (TPSA) is 59.5 Å². The predicted molar refractivity (Wildman–Crippen MR) is 79.6 cm³/mol. The second-order valence-corrected chi connectivity index (χ2v) is 5.63. The van der Waals surface area contributed by atoms with Crippen molar-refractivity contribution in [3.63, 3.8) is 0 Å². The van der Waals surface area contributed by atoms with Crippen LogP contribution in [0.2, 0.25) is 0 Å². The molecule has 1 rings (SSSR count). The molecule has 1 amide bonds. The summed E-state index contributed by atoms with van der Waals surface area (Å²) in [6.07, 6.45) is 3.58. The van der Waals surface area contributed by atoms with Crippen molar-refractivity contribution in [1.82, 2.24) is 4.90 Å². The van der Waals surface area contributed by atoms with Gasteiger partial charge in [-0.3, -0.25) is 4.79 Å². The van der Waals surface area contributed by atoms with E-state index in [0.29, 0.717) is 30.1 Å². The van der Waals surface area contributed by atoms with Crippen molar-refractivity contribution in [2.45, 2.75) is 39.2 Å². The van der Waals surface area contributed by atoms with E-state index in [1.807, 2.05) is 19.2 Å². The number of hydrogen-bond acceptors (Lipinski definition) is 3. The molecular formula is C14H23BrN2O2. The fourth-order valence-electron chi connectivity index (χ4n) is 2.07. The third-order valence-corrected chi connectivity index (χ3v) is 3.79. The van der Waals surface area contributed by atoms with E-state index in [9.17, 15) is 4.79 Å². The van der Waals surface area contributed by atoms with Gasteiger partial charge in [-0.1, -0.05) is 13.3 Å². The first-order valence-electron chi connectivity index (χ1n) is 6.75. The van der Waals surface area contributed by atoms with E-state index in [2.05, 4.69) is 22.9 Å².